The number of alkyl halides is 2. The van der Waals surface area contributed by atoms with Crippen LogP contribution in [-0.2, 0) is 19.0 Å². The Bertz CT molecular complexity index is 616. The van der Waals surface area contributed by atoms with Crippen molar-refractivity contribution in [1.82, 2.24) is 0 Å². The summed E-state index contributed by atoms with van der Waals surface area (Å²) in [6.07, 6.45) is -5.50. The van der Waals surface area contributed by atoms with E-state index in [2.05, 4.69) is 4.18 Å². The number of hydrogen-bond donors (Lipinski definition) is 2. The summed E-state index contributed by atoms with van der Waals surface area (Å²) in [6.45, 7) is -0.802. The van der Waals surface area contributed by atoms with Crippen molar-refractivity contribution in [3.63, 3.8) is 0 Å². The molecule has 0 aliphatic carbocycles. The molecule has 1 rings (SSSR count). The summed E-state index contributed by atoms with van der Waals surface area (Å²) < 4.78 is 57.9. The maximum Gasteiger partial charge on any atom is 0.338 e. The molecule has 130 valence electrons. The molecule has 2 N–H and O–H groups in total. The lowest BCUT2D eigenvalue weighted by Gasteiger charge is -2.23. The van der Waals surface area contributed by atoms with Crippen LogP contribution in [0.25, 0.3) is 0 Å². The van der Waals surface area contributed by atoms with Crippen LogP contribution >= 0.6 is 0 Å². The molecule has 1 atom stereocenters. The number of rotatable bonds is 8. The average molecular weight is 354 g/mol. The summed E-state index contributed by atoms with van der Waals surface area (Å²) in [5, 5.41) is 17.2. The van der Waals surface area contributed by atoms with Gasteiger partial charge in [-0.05, 0) is 12.1 Å². The number of carbonyl (C=O) groups is 1. The van der Waals surface area contributed by atoms with E-state index >= 15 is 0 Å². The highest BCUT2D eigenvalue weighted by atomic mass is 32.2. The van der Waals surface area contributed by atoms with Crippen LogP contribution in [0.5, 0.6) is 0 Å². The third-order valence-corrected chi connectivity index (χ3v) is 3.22. The second kappa shape index (κ2) is 7.77. The lowest BCUT2D eigenvalue weighted by atomic mass is 10.1. The molecule has 0 radical (unpaired) electrons. The summed E-state index contributed by atoms with van der Waals surface area (Å²) in [6, 6.07) is 7.59. The highest BCUT2D eigenvalue weighted by molar-refractivity contribution is 7.86. The van der Waals surface area contributed by atoms with Crippen molar-refractivity contribution in [3.05, 3.63) is 35.9 Å². The Balaban J connectivity index is 2.75. The smallest absolute Gasteiger partial charge is 0.338 e. The molecule has 7 nitrogen and oxygen atoms in total. The van der Waals surface area contributed by atoms with Gasteiger partial charge in [-0.15, -0.1) is 0 Å². The molecule has 1 unspecified atom stereocenters. The van der Waals surface area contributed by atoms with Crippen molar-refractivity contribution in [1.29, 1.82) is 0 Å². The van der Waals surface area contributed by atoms with Gasteiger partial charge in [-0.3, -0.25) is 4.18 Å². The maximum absolute atomic E-state index is 13.3. The van der Waals surface area contributed by atoms with Crippen LogP contribution in [0.4, 0.5) is 8.78 Å². The molecule has 0 amide bonds. The molecule has 10 heteroatoms. The van der Waals surface area contributed by atoms with Crippen LogP contribution in [0, 0.1) is 0 Å². The highest BCUT2D eigenvalue weighted by Gasteiger charge is 2.41. The average Bonchev–Trinajstić information content (AvgIpc) is 2.43. The van der Waals surface area contributed by atoms with E-state index in [0.29, 0.717) is 6.26 Å². The van der Waals surface area contributed by atoms with E-state index in [1.807, 2.05) is 0 Å². The van der Waals surface area contributed by atoms with Crippen LogP contribution in [0.15, 0.2) is 30.3 Å². The Labute approximate surface area is 131 Å². The number of benzene rings is 1. The number of halogens is 2. The molecule has 0 bridgehead atoms. The van der Waals surface area contributed by atoms with Gasteiger partial charge in [0.15, 0.2) is 0 Å². The van der Waals surface area contributed by atoms with Gasteiger partial charge in [-0.25, -0.2) is 13.6 Å². The van der Waals surface area contributed by atoms with Crippen molar-refractivity contribution in [2.24, 2.45) is 0 Å². The predicted octanol–water partition coefficient (Wildman–Crippen LogP) is 0.524. The van der Waals surface area contributed by atoms with Crippen LogP contribution < -0.4 is 0 Å². The van der Waals surface area contributed by atoms with Crippen molar-refractivity contribution >= 4 is 16.1 Å². The molecule has 0 spiro atoms. The number of esters is 1. The minimum absolute atomic E-state index is 0.138. The third-order valence-electron chi connectivity index (χ3n) is 2.60. The first-order valence-electron chi connectivity index (χ1n) is 6.35. The molecule has 0 aliphatic heterocycles. The number of aliphatic hydroxyl groups excluding tert-OH is 1. The fraction of sp³-hybridized carbons (Fsp3) is 0.462. The molecule has 0 aromatic heterocycles. The normalized spacial score (nSPS) is 13.8. The van der Waals surface area contributed by atoms with Gasteiger partial charge in [-0.1, -0.05) is 18.2 Å². The standard InChI is InChI=1S/C13H16F2O7S/c1-23(19,20)22-10(7-13(14,15)12(17)18)8-21-11(16)9-5-3-2-4-6-9/h2-6,10,12,17-18H,7-8H2,1H3. The molecule has 1 aromatic carbocycles. The number of ether oxygens (including phenoxy) is 1. The Morgan fingerprint density at radius 2 is 1.83 bits per heavy atom. The monoisotopic (exact) mass is 354 g/mol. The van der Waals surface area contributed by atoms with Gasteiger partial charge in [0.1, 0.15) is 12.7 Å². The Morgan fingerprint density at radius 3 is 2.30 bits per heavy atom. The number of hydrogen-bond acceptors (Lipinski definition) is 7. The first kappa shape index (κ1) is 19.4. The fourth-order valence-electron chi connectivity index (χ4n) is 1.60. The van der Waals surface area contributed by atoms with Crippen LogP contribution in [0.3, 0.4) is 0 Å². The van der Waals surface area contributed by atoms with Crippen LogP contribution in [0.1, 0.15) is 16.8 Å². The van der Waals surface area contributed by atoms with E-state index in [9.17, 15) is 22.0 Å². The summed E-state index contributed by atoms with van der Waals surface area (Å²) in [5.41, 5.74) is 0.138. The Hall–Kier alpha value is -1.62. The van der Waals surface area contributed by atoms with E-state index in [0.717, 1.165) is 0 Å². The number of carbonyl (C=O) groups excluding carboxylic acids is 1. The van der Waals surface area contributed by atoms with E-state index < -0.39 is 47.4 Å². The molecule has 0 fully saturated rings. The van der Waals surface area contributed by atoms with Gasteiger partial charge in [0.25, 0.3) is 16.0 Å². The van der Waals surface area contributed by atoms with E-state index in [1.165, 1.54) is 12.1 Å². The van der Waals surface area contributed by atoms with Gasteiger partial charge in [0, 0.05) is 6.42 Å². The maximum atomic E-state index is 13.3. The van der Waals surface area contributed by atoms with Crippen molar-refractivity contribution < 1.29 is 41.1 Å². The molecule has 23 heavy (non-hydrogen) atoms. The first-order chi connectivity index (χ1) is 10.5. The largest absolute Gasteiger partial charge is 0.459 e. The predicted molar refractivity (Wildman–Crippen MR) is 74.2 cm³/mol. The zero-order valence-corrected chi connectivity index (χ0v) is 12.9. The van der Waals surface area contributed by atoms with Crippen molar-refractivity contribution in [2.75, 3.05) is 12.9 Å². The fourth-order valence-corrected chi connectivity index (χ4v) is 2.22. The van der Waals surface area contributed by atoms with Crippen LogP contribution in [-0.4, -0.2) is 55.8 Å². The van der Waals surface area contributed by atoms with Gasteiger partial charge >= 0.3 is 5.97 Å². The van der Waals surface area contributed by atoms with Gasteiger partial charge in [-0.2, -0.15) is 8.42 Å². The van der Waals surface area contributed by atoms with Crippen LogP contribution in [0.2, 0.25) is 0 Å². The molecule has 0 aliphatic rings. The second-order valence-electron chi connectivity index (χ2n) is 4.73. The molecule has 0 heterocycles. The number of aliphatic hydroxyl groups is 2. The zero-order valence-electron chi connectivity index (χ0n) is 12.1. The molecule has 0 saturated heterocycles. The first-order valence-corrected chi connectivity index (χ1v) is 8.17. The minimum Gasteiger partial charge on any atom is -0.459 e. The lowest BCUT2D eigenvalue weighted by molar-refractivity contribution is -0.219. The summed E-state index contributed by atoms with van der Waals surface area (Å²) in [4.78, 5) is 11.7. The van der Waals surface area contributed by atoms with Crippen molar-refractivity contribution in [3.8, 4) is 0 Å². The Kier molecular flexibility index (Phi) is 6.57. The minimum atomic E-state index is -4.12. The van der Waals surface area contributed by atoms with Gasteiger partial charge in [0.05, 0.1) is 11.8 Å². The lowest BCUT2D eigenvalue weighted by Crippen LogP contribution is -2.39. The highest BCUT2D eigenvalue weighted by Crippen LogP contribution is 2.25. The van der Waals surface area contributed by atoms with Crippen molar-refractivity contribution in [2.45, 2.75) is 24.7 Å². The summed E-state index contributed by atoms with van der Waals surface area (Å²) >= 11 is 0. The SMILES string of the molecule is CS(=O)(=O)OC(COC(=O)c1ccccc1)CC(F)(F)C(O)O. The summed E-state index contributed by atoms with van der Waals surface area (Å²) in [5.74, 6) is -4.89. The molecular weight excluding hydrogens is 338 g/mol. The van der Waals surface area contributed by atoms with E-state index in [1.54, 1.807) is 18.2 Å². The molecule has 1 aromatic rings. The summed E-state index contributed by atoms with van der Waals surface area (Å²) in [7, 11) is -4.12. The second-order valence-corrected chi connectivity index (χ2v) is 6.33. The molecular formula is C13H16F2O7S. The van der Waals surface area contributed by atoms with Gasteiger partial charge in [0.2, 0.25) is 6.29 Å². The van der Waals surface area contributed by atoms with Gasteiger partial charge < -0.3 is 14.9 Å². The Morgan fingerprint density at radius 1 is 1.26 bits per heavy atom. The third kappa shape index (κ3) is 6.99. The van der Waals surface area contributed by atoms with E-state index in [-0.39, 0.29) is 5.56 Å². The quantitative estimate of drug-likeness (QED) is 0.398. The topological polar surface area (TPSA) is 110 Å². The zero-order chi connectivity index (χ0) is 17.7. The molecule has 0 saturated carbocycles. The van der Waals surface area contributed by atoms with E-state index in [4.69, 9.17) is 14.9 Å².